The Balaban J connectivity index is 1.78. The lowest BCUT2D eigenvalue weighted by Crippen LogP contribution is -2.40. The van der Waals surface area contributed by atoms with Gasteiger partial charge in [-0.05, 0) is 62.4 Å². The van der Waals surface area contributed by atoms with Crippen molar-refractivity contribution in [2.75, 3.05) is 32.8 Å². The van der Waals surface area contributed by atoms with Gasteiger partial charge in [-0.1, -0.05) is 13.8 Å². The van der Waals surface area contributed by atoms with Gasteiger partial charge in [0.15, 0.2) is 0 Å². The van der Waals surface area contributed by atoms with E-state index in [0.717, 1.165) is 37.9 Å². The summed E-state index contributed by atoms with van der Waals surface area (Å²) in [5.74, 6) is 2.15. The van der Waals surface area contributed by atoms with Crippen molar-refractivity contribution in [3.05, 3.63) is 24.3 Å². The summed E-state index contributed by atoms with van der Waals surface area (Å²) in [5.41, 5.74) is 0. The molecular formula is C18H30N2O3S. The average Bonchev–Trinajstić information content (AvgIpc) is 2.52. The molecular weight excluding hydrogens is 324 g/mol. The summed E-state index contributed by atoms with van der Waals surface area (Å²) in [6, 6.07) is 6.55. The number of nitrogens with zero attached hydrogens (tertiary/aromatic N) is 1. The third-order valence-corrected chi connectivity index (χ3v) is 5.81. The first kappa shape index (κ1) is 19.2. The number of sulfonamides is 1. The summed E-state index contributed by atoms with van der Waals surface area (Å²) < 4.78 is 32.6. The minimum Gasteiger partial charge on any atom is -0.494 e. The van der Waals surface area contributed by atoms with Crippen molar-refractivity contribution in [3.63, 3.8) is 0 Å². The molecule has 0 bridgehead atoms. The summed E-state index contributed by atoms with van der Waals surface area (Å²) >= 11 is 0. The van der Waals surface area contributed by atoms with Crippen LogP contribution in [0.15, 0.2) is 29.2 Å². The number of nitrogens with one attached hydrogen (secondary N) is 1. The predicted octanol–water partition coefficient (Wildman–Crippen LogP) is 2.73. The van der Waals surface area contributed by atoms with Crippen LogP contribution in [0.4, 0.5) is 0 Å². The van der Waals surface area contributed by atoms with E-state index in [-0.39, 0.29) is 4.90 Å². The number of benzene rings is 1. The molecule has 1 aliphatic rings. The van der Waals surface area contributed by atoms with Crippen molar-refractivity contribution in [1.82, 2.24) is 9.62 Å². The maximum absolute atomic E-state index is 12.3. The number of piperidine rings is 1. The molecule has 0 radical (unpaired) electrons. The average molecular weight is 355 g/mol. The van der Waals surface area contributed by atoms with Crippen LogP contribution in [-0.2, 0) is 10.0 Å². The Kier molecular flexibility index (Phi) is 7.07. The Morgan fingerprint density at radius 1 is 1.17 bits per heavy atom. The fourth-order valence-corrected chi connectivity index (χ4v) is 4.52. The molecule has 6 heteroatoms. The predicted molar refractivity (Wildman–Crippen MR) is 96.8 cm³/mol. The highest BCUT2D eigenvalue weighted by Crippen LogP contribution is 2.21. The van der Waals surface area contributed by atoms with E-state index in [1.54, 1.807) is 24.3 Å². The molecule has 1 aromatic rings. The number of hydrogen-bond donors (Lipinski definition) is 1. The lowest BCUT2D eigenvalue weighted by molar-refractivity contribution is 0.140. The largest absolute Gasteiger partial charge is 0.494 e. The highest BCUT2D eigenvalue weighted by atomic mass is 32.2. The van der Waals surface area contributed by atoms with Crippen LogP contribution in [-0.4, -0.2) is 46.1 Å². The van der Waals surface area contributed by atoms with Gasteiger partial charge >= 0.3 is 0 Å². The molecule has 0 unspecified atom stereocenters. The van der Waals surface area contributed by atoms with Crippen molar-refractivity contribution in [1.29, 1.82) is 0 Å². The van der Waals surface area contributed by atoms with Crippen molar-refractivity contribution in [2.24, 2.45) is 11.8 Å². The van der Waals surface area contributed by atoms with E-state index in [0.29, 0.717) is 18.9 Å². The molecule has 2 atom stereocenters. The van der Waals surface area contributed by atoms with Gasteiger partial charge < -0.3 is 9.64 Å². The monoisotopic (exact) mass is 354 g/mol. The molecule has 5 nitrogen and oxygen atoms in total. The first-order chi connectivity index (χ1) is 11.4. The van der Waals surface area contributed by atoms with E-state index >= 15 is 0 Å². The highest BCUT2D eigenvalue weighted by molar-refractivity contribution is 7.89. The van der Waals surface area contributed by atoms with Gasteiger partial charge in [0, 0.05) is 19.6 Å². The van der Waals surface area contributed by atoms with Gasteiger partial charge in [-0.15, -0.1) is 0 Å². The van der Waals surface area contributed by atoms with Crippen LogP contribution in [0, 0.1) is 11.8 Å². The van der Waals surface area contributed by atoms with Crippen LogP contribution in [0.1, 0.15) is 33.6 Å². The number of ether oxygens (including phenoxy) is 1. The normalized spacial score (nSPS) is 22.5. The third-order valence-electron chi connectivity index (χ3n) is 4.33. The van der Waals surface area contributed by atoms with Crippen molar-refractivity contribution in [2.45, 2.75) is 38.5 Å². The number of likely N-dealkylation sites (tertiary alicyclic amines) is 1. The molecule has 0 aliphatic carbocycles. The molecule has 136 valence electrons. The molecule has 0 aromatic heterocycles. The quantitative estimate of drug-likeness (QED) is 0.729. The number of rotatable bonds is 8. The van der Waals surface area contributed by atoms with E-state index in [2.05, 4.69) is 23.5 Å². The molecule has 1 fully saturated rings. The van der Waals surface area contributed by atoms with Gasteiger partial charge in [0.25, 0.3) is 0 Å². The fraction of sp³-hybridized carbons (Fsp3) is 0.667. The minimum atomic E-state index is -3.44. The van der Waals surface area contributed by atoms with Crippen LogP contribution < -0.4 is 9.46 Å². The van der Waals surface area contributed by atoms with Gasteiger partial charge in [0.1, 0.15) is 5.75 Å². The lowest BCUT2D eigenvalue weighted by atomic mass is 9.92. The smallest absolute Gasteiger partial charge is 0.240 e. The maximum Gasteiger partial charge on any atom is 0.240 e. The van der Waals surface area contributed by atoms with Gasteiger partial charge in [-0.2, -0.15) is 0 Å². The second-order valence-electron chi connectivity index (χ2n) is 6.86. The van der Waals surface area contributed by atoms with Gasteiger partial charge in [0.2, 0.25) is 10.0 Å². The topological polar surface area (TPSA) is 58.6 Å². The Labute approximate surface area is 146 Å². The van der Waals surface area contributed by atoms with Crippen molar-refractivity contribution >= 4 is 10.0 Å². The Morgan fingerprint density at radius 3 is 2.38 bits per heavy atom. The summed E-state index contributed by atoms with van der Waals surface area (Å²) in [6.07, 6.45) is 2.12. The zero-order valence-corrected chi connectivity index (χ0v) is 15.8. The molecule has 1 heterocycles. The van der Waals surface area contributed by atoms with Crippen LogP contribution >= 0.6 is 0 Å². The zero-order valence-electron chi connectivity index (χ0n) is 15.0. The van der Waals surface area contributed by atoms with Crippen molar-refractivity contribution < 1.29 is 13.2 Å². The Bertz CT molecular complexity index is 591. The van der Waals surface area contributed by atoms with E-state index < -0.39 is 10.0 Å². The van der Waals surface area contributed by atoms with Crippen LogP contribution in [0.5, 0.6) is 5.75 Å². The maximum atomic E-state index is 12.3. The fourth-order valence-electron chi connectivity index (χ4n) is 3.45. The van der Waals surface area contributed by atoms with Crippen LogP contribution in [0.2, 0.25) is 0 Å². The summed E-state index contributed by atoms with van der Waals surface area (Å²) in [7, 11) is -3.44. The minimum absolute atomic E-state index is 0.283. The third kappa shape index (κ3) is 5.76. The van der Waals surface area contributed by atoms with Crippen LogP contribution in [0.3, 0.4) is 0 Å². The summed E-state index contributed by atoms with van der Waals surface area (Å²) in [6.45, 7) is 10.7. The summed E-state index contributed by atoms with van der Waals surface area (Å²) in [5, 5.41) is 0. The SMILES string of the molecule is CCOc1ccc(S(=O)(=O)NCCCN2C[C@H](C)C[C@@H](C)C2)cc1. The van der Waals surface area contributed by atoms with E-state index in [9.17, 15) is 8.42 Å². The highest BCUT2D eigenvalue weighted by Gasteiger charge is 2.21. The van der Waals surface area contributed by atoms with E-state index in [1.807, 2.05) is 6.92 Å². The Hall–Kier alpha value is -1.11. The molecule has 0 saturated carbocycles. The second kappa shape index (κ2) is 8.83. The first-order valence-electron chi connectivity index (χ1n) is 8.85. The summed E-state index contributed by atoms with van der Waals surface area (Å²) in [4.78, 5) is 2.73. The van der Waals surface area contributed by atoms with Gasteiger partial charge in [-0.25, -0.2) is 13.1 Å². The molecule has 0 amide bonds. The first-order valence-corrected chi connectivity index (χ1v) is 10.3. The standard InChI is InChI=1S/C18H30N2O3S/c1-4-23-17-6-8-18(9-7-17)24(21,22)19-10-5-11-20-13-15(2)12-16(3)14-20/h6-9,15-16,19H,4-5,10-14H2,1-3H3/t15-,16-/m1/s1. The lowest BCUT2D eigenvalue weighted by Gasteiger charge is -2.34. The van der Waals surface area contributed by atoms with E-state index in [4.69, 9.17) is 4.74 Å². The van der Waals surface area contributed by atoms with Crippen molar-refractivity contribution in [3.8, 4) is 5.75 Å². The molecule has 0 spiro atoms. The molecule has 1 aliphatic heterocycles. The molecule has 1 N–H and O–H groups in total. The Morgan fingerprint density at radius 2 is 1.79 bits per heavy atom. The van der Waals surface area contributed by atoms with Crippen LogP contribution in [0.25, 0.3) is 0 Å². The molecule has 1 saturated heterocycles. The molecule has 24 heavy (non-hydrogen) atoms. The molecule has 1 aromatic carbocycles. The van der Waals surface area contributed by atoms with Gasteiger partial charge in [0.05, 0.1) is 11.5 Å². The number of hydrogen-bond acceptors (Lipinski definition) is 4. The molecule has 2 rings (SSSR count). The second-order valence-corrected chi connectivity index (χ2v) is 8.63. The zero-order chi connectivity index (χ0) is 17.6. The van der Waals surface area contributed by atoms with E-state index in [1.165, 1.54) is 6.42 Å². The van der Waals surface area contributed by atoms with Gasteiger partial charge in [-0.3, -0.25) is 0 Å².